The van der Waals surface area contributed by atoms with Gasteiger partial charge in [-0.25, -0.2) is 0 Å². The van der Waals surface area contributed by atoms with Crippen LogP contribution in [0.1, 0.15) is 67.2 Å². The Morgan fingerprint density at radius 3 is 2.30 bits per heavy atom. The summed E-state index contributed by atoms with van der Waals surface area (Å²) in [6, 6.07) is 0.532. The zero-order valence-corrected chi connectivity index (χ0v) is 14.6. The van der Waals surface area contributed by atoms with Crippen molar-refractivity contribution >= 4 is 0 Å². The van der Waals surface area contributed by atoms with Crippen LogP contribution >= 0.6 is 0 Å². The summed E-state index contributed by atoms with van der Waals surface area (Å²) < 4.78 is 6.12. The monoisotopic (exact) mass is 283 g/mol. The Labute approximate surface area is 127 Å². The summed E-state index contributed by atoms with van der Waals surface area (Å²) in [5, 5.41) is 3.82. The molecule has 0 aliphatic heterocycles. The quantitative estimate of drug-likeness (QED) is 0.709. The minimum atomic E-state index is 0.358. The molecule has 2 nitrogen and oxygen atoms in total. The lowest BCUT2D eigenvalue weighted by molar-refractivity contribution is -0.0223. The molecule has 5 atom stereocenters. The summed E-state index contributed by atoms with van der Waals surface area (Å²) in [7, 11) is 0. The predicted molar refractivity (Wildman–Crippen MR) is 88.0 cm³/mol. The second-order valence-corrected chi connectivity index (χ2v) is 7.17. The van der Waals surface area contributed by atoms with Gasteiger partial charge >= 0.3 is 0 Å². The third-order valence-corrected chi connectivity index (χ3v) is 5.15. The highest BCUT2D eigenvalue weighted by Crippen LogP contribution is 2.37. The second-order valence-electron chi connectivity index (χ2n) is 7.17. The smallest absolute Gasteiger partial charge is 0.0753 e. The molecule has 2 heteroatoms. The number of hydrogen-bond acceptors (Lipinski definition) is 2. The van der Waals surface area contributed by atoms with Crippen molar-refractivity contribution in [1.29, 1.82) is 0 Å². The maximum Gasteiger partial charge on any atom is 0.0753 e. The fourth-order valence-corrected chi connectivity index (χ4v) is 3.68. The normalized spacial score (nSPS) is 30.4. The third-order valence-electron chi connectivity index (χ3n) is 5.15. The Bertz CT molecular complexity index is 254. The average Bonchev–Trinajstić information content (AvgIpc) is 2.41. The first kappa shape index (κ1) is 18.0. The van der Waals surface area contributed by atoms with Gasteiger partial charge in [0.1, 0.15) is 0 Å². The van der Waals surface area contributed by atoms with E-state index in [1.165, 1.54) is 25.7 Å². The van der Waals surface area contributed by atoms with Crippen LogP contribution in [0.25, 0.3) is 0 Å². The number of hydrogen-bond donors (Lipinski definition) is 1. The summed E-state index contributed by atoms with van der Waals surface area (Å²) in [5.41, 5.74) is 0. The van der Waals surface area contributed by atoms with E-state index in [0.29, 0.717) is 18.1 Å². The highest BCUT2D eigenvalue weighted by molar-refractivity contribution is 4.90. The molecule has 0 saturated heterocycles. The first-order valence-electron chi connectivity index (χ1n) is 8.86. The molecule has 0 radical (unpaired) electrons. The Morgan fingerprint density at radius 1 is 1.10 bits per heavy atom. The van der Waals surface area contributed by atoms with Crippen LogP contribution in [0, 0.1) is 23.7 Å². The van der Waals surface area contributed by atoms with Crippen molar-refractivity contribution in [1.82, 2.24) is 5.32 Å². The molecule has 0 bridgehead atoms. The summed E-state index contributed by atoms with van der Waals surface area (Å²) >= 11 is 0. The van der Waals surface area contributed by atoms with Crippen LogP contribution in [0.5, 0.6) is 0 Å². The van der Waals surface area contributed by atoms with E-state index in [1.54, 1.807) is 0 Å². The van der Waals surface area contributed by atoms with Crippen LogP contribution in [0.2, 0.25) is 0 Å². The van der Waals surface area contributed by atoms with E-state index in [9.17, 15) is 0 Å². The molecule has 1 N–H and O–H groups in total. The van der Waals surface area contributed by atoms with Gasteiger partial charge in [0.05, 0.1) is 6.10 Å². The summed E-state index contributed by atoms with van der Waals surface area (Å²) in [6.45, 7) is 15.8. The molecule has 0 amide bonds. The van der Waals surface area contributed by atoms with Crippen molar-refractivity contribution in [2.24, 2.45) is 23.7 Å². The maximum atomic E-state index is 6.12. The van der Waals surface area contributed by atoms with E-state index in [1.807, 2.05) is 0 Å². The zero-order valence-electron chi connectivity index (χ0n) is 14.6. The van der Waals surface area contributed by atoms with Crippen LogP contribution in [-0.2, 0) is 4.74 Å². The van der Waals surface area contributed by atoms with Crippen LogP contribution in [-0.4, -0.2) is 25.3 Å². The van der Waals surface area contributed by atoms with E-state index in [2.05, 4.69) is 46.9 Å². The van der Waals surface area contributed by atoms with Gasteiger partial charge in [-0.15, -0.1) is 0 Å². The lowest BCUT2D eigenvalue weighted by Crippen LogP contribution is -2.50. The lowest BCUT2D eigenvalue weighted by Gasteiger charge is -2.41. The van der Waals surface area contributed by atoms with Gasteiger partial charge in [0.25, 0.3) is 0 Å². The van der Waals surface area contributed by atoms with Crippen LogP contribution in [0.15, 0.2) is 0 Å². The molecule has 0 heterocycles. The molecule has 0 aromatic carbocycles. The van der Waals surface area contributed by atoms with Crippen LogP contribution in [0.3, 0.4) is 0 Å². The van der Waals surface area contributed by atoms with Crippen LogP contribution in [0.4, 0.5) is 0 Å². The zero-order chi connectivity index (χ0) is 15.1. The Hall–Kier alpha value is -0.0800. The van der Waals surface area contributed by atoms with E-state index < -0.39 is 0 Å². The molecule has 1 aliphatic rings. The third kappa shape index (κ3) is 5.04. The van der Waals surface area contributed by atoms with Gasteiger partial charge in [-0.1, -0.05) is 41.0 Å². The van der Waals surface area contributed by atoms with Crippen molar-refractivity contribution in [2.75, 3.05) is 13.2 Å². The van der Waals surface area contributed by atoms with Crippen molar-refractivity contribution in [3.8, 4) is 0 Å². The standard InChI is InChI=1S/C18H37NO/c1-7-11-19-17(18(13(3)4)20-8-2)16-10-9-14(5)15(6)12-16/h13-19H,7-12H2,1-6H3. The van der Waals surface area contributed by atoms with Gasteiger partial charge in [-0.2, -0.15) is 0 Å². The molecule has 1 rings (SSSR count). The highest BCUT2D eigenvalue weighted by Gasteiger charge is 2.35. The van der Waals surface area contributed by atoms with Crippen molar-refractivity contribution in [3.05, 3.63) is 0 Å². The number of nitrogens with one attached hydrogen (secondary N) is 1. The molecule has 1 saturated carbocycles. The Balaban J connectivity index is 2.75. The number of ether oxygens (including phenoxy) is 1. The molecule has 0 aromatic rings. The Morgan fingerprint density at radius 2 is 1.80 bits per heavy atom. The van der Waals surface area contributed by atoms with Crippen LogP contribution < -0.4 is 5.32 Å². The molecular formula is C18H37NO. The first-order chi connectivity index (χ1) is 9.51. The van der Waals surface area contributed by atoms with Gasteiger partial charge in [0, 0.05) is 12.6 Å². The molecular weight excluding hydrogens is 246 g/mol. The van der Waals surface area contributed by atoms with Crippen molar-refractivity contribution in [2.45, 2.75) is 79.4 Å². The highest BCUT2D eigenvalue weighted by atomic mass is 16.5. The van der Waals surface area contributed by atoms with Gasteiger partial charge in [0.2, 0.25) is 0 Å². The van der Waals surface area contributed by atoms with Gasteiger partial charge in [-0.3, -0.25) is 0 Å². The van der Waals surface area contributed by atoms with E-state index in [0.717, 1.165) is 30.9 Å². The number of rotatable bonds is 8. The molecule has 1 aliphatic carbocycles. The van der Waals surface area contributed by atoms with E-state index >= 15 is 0 Å². The maximum absolute atomic E-state index is 6.12. The van der Waals surface area contributed by atoms with Crippen molar-refractivity contribution < 1.29 is 4.74 Å². The molecule has 0 spiro atoms. The van der Waals surface area contributed by atoms with Gasteiger partial charge in [-0.05, 0) is 56.4 Å². The van der Waals surface area contributed by atoms with E-state index in [-0.39, 0.29) is 0 Å². The fourth-order valence-electron chi connectivity index (χ4n) is 3.68. The predicted octanol–water partition coefficient (Wildman–Crippen LogP) is 4.49. The second kappa shape index (κ2) is 9.04. The topological polar surface area (TPSA) is 21.3 Å². The molecule has 20 heavy (non-hydrogen) atoms. The largest absolute Gasteiger partial charge is 0.377 e. The van der Waals surface area contributed by atoms with E-state index in [4.69, 9.17) is 4.74 Å². The lowest BCUT2D eigenvalue weighted by atomic mass is 9.71. The summed E-state index contributed by atoms with van der Waals surface area (Å²) in [4.78, 5) is 0. The average molecular weight is 284 g/mol. The van der Waals surface area contributed by atoms with Gasteiger partial charge < -0.3 is 10.1 Å². The minimum absolute atomic E-state index is 0.358. The molecule has 1 fully saturated rings. The fraction of sp³-hybridized carbons (Fsp3) is 1.00. The molecule has 0 aromatic heterocycles. The minimum Gasteiger partial charge on any atom is -0.377 e. The van der Waals surface area contributed by atoms with Gasteiger partial charge in [0.15, 0.2) is 0 Å². The Kier molecular flexibility index (Phi) is 8.13. The summed E-state index contributed by atoms with van der Waals surface area (Å²) in [5.74, 6) is 3.11. The SMILES string of the molecule is CCCNC(C1CCC(C)C(C)C1)C(OCC)C(C)C. The first-order valence-corrected chi connectivity index (χ1v) is 8.86. The molecule has 120 valence electrons. The van der Waals surface area contributed by atoms with Crippen molar-refractivity contribution in [3.63, 3.8) is 0 Å². The summed E-state index contributed by atoms with van der Waals surface area (Å²) in [6.07, 6.45) is 5.67. The molecule has 5 unspecified atom stereocenters.